The Kier molecular flexibility index (Phi) is 4.97. The molecule has 0 amide bonds. The van der Waals surface area contributed by atoms with Gasteiger partial charge in [-0.25, -0.2) is 0 Å². The molecular weight excluding hydrogens is 313 g/mol. The van der Waals surface area contributed by atoms with Gasteiger partial charge in [-0.1, -0.05) is 36.2 Å². The monoisotopic (exact) mass is 329 g/mol. The number of benzene rings is 1. The first-order chi connectivity index (χ1) is 9.49. The Hall–Kier alpha value is -0.740. The first-order valence-electron chi connectivity index (χ1n) is 6.35. The van der Waals surface area contributed by atoms with Crippen molar-refractivity contribution in [2.24, 2.45) is 0 Å². The summed E-state index contributed by atoms with van der Waals surface area (Å²) in [5, 5.41) is 3.09. The molecule has 0 aliphatic carbocycles. The SMILES string of the molecule is CCC(Oc1ccc(Cl)c(Cl)c1)(c1cccs1)N(C)C. The molecule has 20 heavy (non-hydrogen) atoms. The predicted octanol–water partition coefficient (Wildman–Crippen LogP) is 5.26. The predicted molar refractivity (Wildman–Crippen MR) is 87.1 cm³/mol. The third-order valence-electron chi connectivity index (χ3n) is 3.29. The zero-order valence-electron chi connectivity index (χ0n) is 11.7. The molecule has 2 rings (SSSR count). The van der Waals surface area contributed by atoms with Gasteiger partial charge in [0.05, 0.1) is 14.9 Å². The summed E-state index contributed by atoms with van der Waals surface area (Å²) in [6.45, 7) is 2.11. The fraction of sp³-hybridized carbons (Fsp3) is 0.333. The molecule has 0 bridgehead atoms. The molecule has 2 nitrogen and oxygen atoms in total. The van der Waals surface area contributed by atoms with Crippen LogP contribution in [0, 0.1) is 0 Å². The molecule has 0 spiro atoms. The molecule has 5 heteroatoms. The van der Waals surface area contributed by atoms with E-state index in [9.17, 15) is 0 Å². The molecule has 108 valence electrons. The second kappa shape index (κ2) is 6.35. The largest absolute Gasteiger partial charge is 0.467 e. The average Bonchev–Trinajstić information content (AvgIpc) is 2.94. The zero-order chi connectivity index (χ0) is 14.8. The van der Waals surface area contributed by atoms with Crippen molar-refractivity contribution < 1.29 is 4.74 Å². The summed E-state index contributed by atoms with van der Waals surface area (Å²) < 4.78 is 6.29. The lowest BCUT2D eigenvalue weighted by molar-refractivity contribution is -0.0642. The van der Waals surface area contributed by atoms with E-state index in [4.69, 9.17) is 27.9 Å². The van der Waals surface area contributed by atoms with Crippen LogP contribution >= 0.6 is 34.5 Å². The molecule has 0 aliphatic rings. The Morgan fingerprint density at radius 1 is 1.20 bits per heavy atom. The fourth-order valence-electron chi connectivity index (χ4n) is 2.16. The number of hydrogen-bond acceptors (Lipinski definition) is 3. The summed E-state index contributed by atoms with van der Waals surface area (Å²) in [7, 11) is 4.03. The van der Waals surface area contributed by atoms with Crippen molar-refractivity contribution >= 4 is 34.5 Å². The van der Waals surface area contributed by atoms with Crippen LogP contribution in [0.1, 0.15) is 18.2 Å². The van der Waals surface area contributed by atoms with E-state index in [1.807, 2.05) is 26.2 Å². The minimum Gasteiger partial charge on any atom is -0.467 e. The van der Waals surface area contributed by atoms with Gasteiger partial charge < -0.3 is 4.74 Å². The first-order valence-corrected chi connectivity index (χ1v) is 7.98. The number of hydrogen-bond donors (Lipinski definition) is 0. The minimum absolute atomic E-state index is 0.495. The maximum atomic E-state index is 6.29. The minimum atomic E-state index is -0.495. The van der Waals surface area contributed by atoms with Gasteiger partial charge in [-0.3, -0.25) is 4.90 Å². The van der Waals surface area contributed by atoms with Crippen LogP contribution in [-0.2, 0) is 5.72 Å². The summed E-state index contributed by atoms with van der Waals surface area (Å²) in [4.78, 5) is 3.25. The quantitative estimate of drug-likeness (QED) is 0.694. The van der Waals surface area contributed by atoms with Gasteiger partial charge >= 0.3 is 0 Å². The smallest absolute Gasteiger partial charge is 0.198 e. The number of nitrogens with zero attached hydrogens (tertiary/aromatic N) is 1. The third kappa shape index (κ3) is 2.96. The van der Waals surface area contributed by atoms with Crippen LogP contribution in [0.25, 0.3) is 0 Å². The number of rotatable bonds is 5. The van der Waals surface area contributed by atoms with Gasteiger partial charge in [-0.15, -0.1) is 11.3 Å². The van der Waals surface area contributed by atoms with Crippen molar-refractivity contribution in [1.82, 2.24) is 4.90 Å². The molecule has 0 aliphatic heterocycles. The Balaban J connectivity index is 2.40. The van der Waals surface area contributed by atoms with Crippen LogP contribution in [0.15, 0.2) is 35.7 Å². The maximum absolute atomic E-state index is 6.29. The lowest BCUT2D eigenvalue weighted by Crippen LogP contribution is -2.45. The topological polar surface area (TPSA) is 12.5 Å². The van der Waals surface area contributed by atoms with Gasteiger partial charge in [-0.05, 0) is 37.7 Å². The van der Waals surface area contributed by atoms with Crippen molar-refractivity contribution in [2.45, 2.75) is 19.1 Å². The Morgan fingerprint density at radius 3 is 2.45 bits per heavy atom. The van der Waals surface area contributed by atoms with Crippen molar-refractivity contribution in [2.75, 3.05) is 14.1 Å². The third-order valence-corrected chi connectivity index (χ3v) is 5.03. The maximum Gasteiger partial charge on any atom is 0.198 e. The molecule has 1 aromatic heterocycles. The van der Waals surface area contributed by atoms with Gasteiger partial charge in [0.2, 0.25) is 0 Å². The second-order valence-electron chi connectivity index (χ2n) is 4.69. The number of ether oxygens (including phenoxy) is 1. The van der Waals surface area contributed by atoms with E-state index in [1.165, 1.54) is 0 Å². The second-order valence-corrected chi connectivity index (χ2v) is 6.45. The van der Waals surface area contributed by atoms with Crippen molar-refractivity contribution in [1.29, 1.82) is 0 Å². The number of halogens is 2. The highest BCUT2D eigenvalue weighted by Crippen LogP contribution is 2.37. The van der Waals surface area contributed by atoms with Crippen LogP contribution in [0.2, 0.25) is 10.0 Å². The molecule has 0 saturated carbocycles. The van der Waals surface area contributed by atoms with E-state index < -0.39 is 5.72 Å². The zero-order valence-corrected chi connectivity index (χ0v) is 14.0. The van der Waals surface area contributed by atoms with E-state index in [-0.39, 0.29) is 0 Å². The lowest BCUT2D eigenvalue weighted by atomic mass is 10.1. The summed E-state index contributed by atoms with van der Waals surface area (Å²) in [6, 6.07) is 9.47. The van der Waals surface area contributed by atoms with Crippen molar-refractivity contribution in [3.63, 3.8) is 0 Å². The fourth-order valence-corrected chi connectivity index (χ4v) is 3.46. The standard InChI is InChI=1S/C15H17Cl2NOS/c1-4-15(18(2)3,14-6-5-9-20-14)19-11-7-8-12(16)13(17)10-11/h5-10H,4H2,1-3H3. The molecule has 0 saturated heterocycles. The van der Waals surface area contributed by atoms with Gasteiger partial charge in [0.25, 0.3) is 0 Å². The van der Waals surface area contributed by atoms with Gasteiger partial charge in [-0.2, -0.15) is 0 Å². The summed E-state index contributed by atoms with van der Waals surface area (Å²) >= 11 is 13.7. The van der Waals surface area contributed by atoms with E-state index in [0.717, 1.165) is 11.3 Å². The van der Waals surface area contributed by atoms with E-state index in [2.05, 4.69) is 23.3 Å². The van der Waals surface area contributed by atoms with Gasteiger partial charge in [0.15, 0.2) is 5.72 Å². The number of thiophene rings is 1. The van der Waals surface area contributed by atoms with E-state index >= 15 is 0 Å². The Morgan fingerprint density at radius 2 is 1.95 bits per heavy atom. The Labute approximate surface area is 133 Å². The molecule has 1 heterocycles. The van der Waals surface area contributed by atoms with Crippen LogP contribution in [0.3, 0.4) is 0 Å². The van der Waals surface area contributed by atoms with Crippen LogP contribution in [0.5, 0.6) is 5.75 Å². The molecule has 1 unspecified atom stereocenters. The highest BCUT2D eigenvalue weighted by Gasteiger charge is 2.36. The van der Waals surface area contributed by atoms with E-state index in [1.54, 1.807) is 23.5 Å². The van der Waals surface area contributed by atoms with Crippen LogP contribution < -0.4 is 4.74 Å². The molecule has 2 aromatic rings. The first kappa shape index (κ1) is 15.6. The molecule has 0 N–H and O–H groups in total. The van der Waals surface area contributed by atoms with E-state index in [0.29, 0.717) is 15.8 Å². The highest BCUT2D eigenvalue weighted by molar-refractivity contribution is 7.10. The summed E-state index contributed by atoms with van der Waals surface area (Å²) in [5.74, 6) is 0.711. The van der Waals surface area contributed by atoms with Crippen molar-refractivity contribution in [3.05, 3.63) is 50.6 Å². The van der Waals surface area contributed by atoms with Crippen LogP contribution in [0.4, 0.5) is 0 Å². The molecule has 0 radical (unpaired) electrons. The summed E-state index contributed by atoms with van der Waals surface area (Å²) in [5.41, 5.74) is -0.495. The van der Waals surface area contributed by atoms with Gasteiger partial charge in [0.1, 0.15) is 5.75 Å². The normalized spacial score (nSPS) is 14.3. The molecular formula is C15H17Cl2NOS. The molecule has 1 atom stereocenters. The van der Waals surface area contributed by atoms with Gasteiger partial charge in [0, 0.05) is 12.5 Å². The molecule has 1 aromatic carbocycles. The van der Waals surface area contributed by atoms with Crippen molar-refractivity contribution in [3.8, 4) is 5.75 Å². The van der Waals surface area contributed by atoms with Crippen LogP contribution in [-0.4, -0.2) is 19.0 Å². The summed E-state index contributed by atoms with van der Waals surface area (Å²) in [6.07, 6.45) is 0.820. The lowest BCUT2D eigenvalue weighted by Gasteiger charge is -2.38. The Bertz CT molecular complexity index is 571. The highest BCUT2D eigenvalue weighted by atomic mass is 35.5. The molecule has 0 fully saturated rings. The average molecular weight is 330 g/mol.